The molecule has 0 saturated heterocycles. The lowest BCUT2D eigenvalue weighted by molar-refractivity contribution is -0.139. The molecule has 1 atom stereocenters. The van der Waals surface area contributed by atoms with Crippen LogP contribution in [0.2, 0.25) is 0 Å². The van der Waals surface area contributed by atoms with Gasteiger partial charge in [0.25, 0.3) is 0 Å². The van der Waals surface area contributed by atoms with Crippen LogP contribution in [0.1, 0.15) is 32.6 Å². The van der Waals surface area contributed by atoms with Crippen molar-refractivity contribution in [3.05, 3.63) is 0 Å². The van der Waals surface area contributed by atoms with Gasteiger partial charge in [-0.25, -0.2) is 4.21 Å². The predicted molar refractivity (Wildman–Crippen MR) is 46.1 cm³/mol. The summed E-state index contributed by atoms with van der Waals surface area (Å²) in [5.74, 6) is -0.170. The lowest BCUT2D eigenvalue weighted by Crippen LogP contribution is -2.23. The third-order valence-corrected chi connectivity index (χ3v) is 2.80. The van der Waals surface area contributed by atoms with E-state index in [1.807, 2.05) is 0 Å². The van der Waals surface area contributed by atoms with Crippen LogP contribution in [0.5, 0.6) is 0 Å². The number of carbonyl (C=O) groups is 1. The summed E-state index contributed by atoms with van der Waals surface area (Å²) < 4.78 is 24.2. The third-order valence-electron chi connectivity index (χ3n) is 2.50. The van der Waals surface area contributed by atoms with Gasteiger partial charge in [-0.15, -0.1) is 0 Å². The molecule has 76 valence electrons. The van der Waals surface area contributed by atoms with Crippen LogP contribution in [-0.4, -0.2) is 14.7 Å². The van der Waals surface area contributed by atoms with E-state index < -0.39 is 17.3 Å². The first-order valence-corrected chi connectivity index (χ1v) is 5.41. The van der Waals surface area contributed by atoms with Crippen LogP contribution < -0.4 is 0 Å². The number of carbonyl (C=O) groups excluding carboxylic acids is 1. The Morgan fingerprint density at radius 1 is 1.38 bits per heavy atom. The average molecular weight is 205 g/mol. The summed E-state index contributed by atoms with van der Waals surface area (Å²) in [7, 11) is 0. The van der Waals surface area contributed by atoms with Crippen molar-refractivity contribution in [3.8, 4) is 0 Å². The van der Waals surface area contributed by atoms with Crippen molar-refractivity contribution in [3.63, 3.8) is 0 Å². The normalized spacial score (nSPS) is 30.9. The fourth-order valence-electron chi connectivity index (χ4n) is 1.63. The van der Waals surface area contributed by atoms with Crippen LogP contribution in [0.3, 0.4) is 0 Å². The third kappa shape index (κ3) is 3.44. The highest BCUT2D eigenvalue weighted by Crippen LogP contribution is 2.29. The maximum absolute atomic E-state index is 11.1. The molecule has 1 unspecified atom stereocenters. The topological polar surface area (TPSA) is 66.4 Å². The van der Waals surface area contributed by atoms with E-state index in [0.717, 1.165) is 25.7 Å². The van der Waals surface area contributed by atoms with Crippen molar-refractivity contribution < 1.29 is 17.7 Å². The highest BCUT2D eigenvalue weighted by Gasteiger charge is 2.25. The number of hydrogen-bond acceptors (Lipinski definition) is 4. The van der Waals surface area contributed by atoms with Gasteiger partial charge in [-0.2, -0.15) is 0 Å². The second-order valence-corrected chi connectivity index (χ2v) is 4.14. The van der Waals surface area contributed by atoms with Gasteiger partial charge >= 0.3 is 5.97 Å². The standard InChI is InChI=1S/C8H14O4S/c1-6-2-4-7(5-3-6)8(9)12-13(10)11/h6-7H,2-5H2,1H3,(H,10,11)/p-1. The lowest BCUT2D eigenvalue weighted by Gasteiger charge is -2.24. The van der Waals surface area contributed by atoms with Crippen LogP contribution in [-0.2, 0) is 20.3 Å². The zero-order chi connectivity index (χ0) is 9.84. The second kappa shape index (κ2) is 4.72. The molecular formula is C8H13O4S-. The first kappa shape index (κ1) is 10.7. The van der Waals surface area contributed by atoms with Gasteiger partial charge in [0.2, 0.25) is 0 Å². The minimum Gasteiger partial charge on any atom is -0.740 e. The molecule has 0 spiro atoms. The van der Waals surface area contributed by atoms with E-state index in [1.165, 1.54) is 0 Å². The van der Waals surface area contributed by atoms with Crippen LogP contribution in [0.4, 0.5) is 0 Å². The minimum atomic E-state index is -2.71. The predicted octanol–water partition coefficient (Wildman–Crippen LogP) is 1.15. The fraction of sp³-hybridized carbons (Fsp3) is 0.875. The maximum Gasteiger partial charge on any atom is 0.322 e. The molecule has 5 heteroatoms. The first-order valence-electron chi connectivity index (χ1n) is 4.41. The van der Waals surface area contributed by atoms with Crippen LogP contribution in [0.25, 0.3) is 0 Å². The first-order chi connectivity index (χ1) is 6.09. The van der Waals surface area contributed by atoms with Crippen molar-refractivity contribution >= 4 is 17.3 Å². The van der Waals surface area contributed by atoms with Gasteiger partial charge in [-0.05, 0) is 31.6 Å². The van der Waals surface area contributed by atoms with Gasteiger partial charge in [0.15, 0.2) is 0 Å². The zero-order valence-electron chi connectivity index (χ0n) is 7.52. The summed E-state index contributed by atoms with van der Waals surface area (Å²) >= 11 is -2.71. The van der Waals surface area contributed by atoms with Gasteiger partial charge < -0.3 is 8.74 Å². The fourth-order valence-corrected chi connectivity index (χ4v) is 1.90. The van der Waals surface area contributed by atoms with Crippen molar-refractivity contribution in [1.82, 2.24) is 0 Å². The molecule has 1 saturated carbocycles. The molecule has 4 nitrogen and oxygen atoms in total. The zero-order valence-corrected chi connectivity index (χ0v) is 8.34. The Morgan fingerprint density at radius 3 is 2.38 bits per heavy atom. The average Bonchev–Trinajstić information content (AvgIpc) is 2.04. The molecular weight excluding hydrogens is 192 g/mol. The second-order valence-electron chi connectivity index (χ2n) is 3.56. The smallest absolute Gasteiger partial charge is 0.322 e. The molecule has 0 amide bonds. The number of rotatable bonds is 2. The van der Waals surface area contributed by atoms with Gasteiger partial charge in [-0.3, -0.25) is 4.79 Å². The molecule has 13 heavy (non-hydrogen) atoms. The Labute approximate surface area is 80.1 Å². The molecule has 1 aliphatic rings. The Balaban J connectivity index is 2.36. The van der Waals surface area contributed by atoms with Gasteiger partial charge in [0.1, 0.15) is 11.4 Å². The van der Waals surface area contributed by atoms with E-state index >= 15 is 0 Å². The van der Waals surface area contributed by atoms with Crippen LogP contribution >= 0.6 is 0 Å². The quantitative estimate of drug-likeness (QED) is 0.634. The maximum atomic E-state index is 11.1. The van der Waals surface area contributed by atoms with Crippen molar-refractivity contribution in [2.24, 2.45) is 11.8 Å². The van der Waals surface area contributed by atoms with Crippen LogP contribution in [0.15, 0.2) is 0 Å². The monoisotopic (exact) mass is 205 g/mol. The summed E-state index contributed by atoms with van der Waals surface area (Å²) in [6.45, 7) is 2.13. The van der Waals surface area contributed by atoms with Gasteiger partial charge in [0, 0.05) is 0 Å². The van der Waals surface area contributed by atoms with Crippen molar-refractivity contribution in [2.75, 3.05) is 0 Å². The Morgan fingerprint density at radius 2 is 1.92 bits per heavy atom. The summed E-state index contributed by atoms with van der Waals surface area (Å²) in [4.78, 5) is 11.1. The molecule has 1 rings (SSSR count). The SMILES string of the molecule is CC1CCC(C(=O)OS(=O)[O-])CC1. The Kier molecular flexibility index (Phi) is 3.87. The van der Waals surface area contributed by atoms with Gasteiger partial charge in [0.05, 0.1) is 5.92 Å². The molecule has 0 heterocycles. The molecule has 1 aliphatic carbocycles. The molecule has 0 aromatic rings. The van der Waals surface area contributed by atoms with E-state index in [4.69, 9.17) is 0 Å². The molecule has 0 N–H and O–H groups in total. The molecule has 0 bridgehead atoms. The summed E-state index contributed by atoms with van der Waals surface area (Å²) in [5.41, 5.74) is 0. The molecule has 0 aliphatic heterocycles. The molecule has 0 aromatic heterocycles. The van der Waals surface area contributed by atoms with Crippen molar-refractivity contribution in [2.45, 2.75) is 32.6 Å². The minimum absolute atomic E-state index is 0.214. The lowest BCUT2D eigenvalue weighted by atomic mass is 9.83. The van der Waals surface area contributed by atoms with E-state index in [0.29, 0.717) is 5.92 Å². The Hall–Kier alpha value is -0.420. The summed E-state index contributed by atoms with van der Waals surface area (Å²) in [5, 5.41) is 0. The number of hydrogen-bond donors (Lipinski definition) is 0. The molecule has 1 fully saturated rings. The highest BCUT2D eigenvalue weighted by atomic mass is 32.2. The van der Waals surface area contributed by atoms with E-state index in [-0.39, 0.29) is 5.92 Å². The van der Waals surface area contributed by atoms with E-state index in [1.54, 1.807) is 0 Å². The van der Waals surface area contributed by atoms with E-state index in [9.17, 15) is 13.6 Å². The van der Waals surface area contributed by atoms with Gasteiger partial charge in [-0.1, -0.05) is 6.92 Å². The summed E-state index contributed by atoms with van der Waals surface area (Å²) in [6, 6.07) is 0. The highest BCUT2D eigenvalue weighted by molar-refractivity contribution is 7.74. The van der Waals surface area contributed by atoms with E-state index in [2.05, 4.69) is 11.1 Å². The Bertz CT molecular complexity index is 208. The van der Waals surface area contributed by atoms with Crippen molar-refractivity contribution in [1.29, 1.82) is 0 Å². The molecule has 0 radical (unpaired) electrons. The largest absolute Gasteiger partial charge is 0.740 e. The molecule has 0 aromatic carbocycles. The summed E-state index contributed by atoms with van der Waals surface area (Å²) in [6.07, 6.45) is 3.45. The van der Waals surface area contributed by atoms with Crippen LogP contribution in [0, 0.1) is 11.8 Å².